The number of rotatable bonds is 9. The lowest BCUT2D eigenvalue weighted by molar-refractivity contribution is -0.150. The van der Waals surface area contributed by atoms with E-state index in [0.717, 1.165) is 16.9 Å². The Morgan fingerprint density at radius 1 is 1.38 bits per heavy atom. The topological polar surface area (TPSA) is 227 Å². The van der Waals surface area contributed by atoms with E-state index in [1.165, 1.54) is 33.4 Å². The molecule has 18 heteroatoms. The van der Waals surface area contributed by atoms with Gasteiger partial charge in [0.25, 0.3) is 11.8 Å². The van der Waals surface area contributed by atoms with Gasteiger partial charge in [-0.25, -0.2) is 20.6 Å². The van der Waals surface area contributed by atoms with Gasteiger partial charge in [-0.1, -0.05) is 16.9 Å². The molecule has 4 rings (SSSR count). The van der Waals surface area contributed by atoms with Crippen molar-refractivity contribution in [3.05, 3.63) is 33.7 Å². The zero-order chi connectivity index (χ0) is 28.4. The summed E-state index contributed by atoms with van der Waals surface area (Å²) in [5.41, 5.74) is 12.9. The smallest absolute Gasteiger partial charge is 0.352 e. The summed E-state index contributed by atoms with van der Waals surface area (Å²) in [5.74, 6) is 4.57. The van der Waals surface area contributed by atoms with Gasteiger partial charge in [0.1, 0.15) is 41.4 Å². The van der Waals surface area contributed by atoms with Gasteiger partial charge in [0, 0.05) is 22.5 Å². The Kier molecular flexibility index (Phi) is 8.70. The molecule has 0 bridgehead atoms. The number of aliphatic carboxylic acids is 1. The summed E-state index contributed by atoms with van der Waals surface area (Å²) in [7, 11) is 1.74. The number of hydrogen-bond acceptors (Lipinski definition) is 15. The predicted octanol–water partition coefficient (Wildman–Crippen LogP) is -0.781. The molecule has 2 unspecified atom stereocenters. The van der Waals surface area contributed by atoms with E-state index in [9.17, 15) is 19.5 Å². The number of carbonyl (C=O) groups is 3. The molecule has 4 heterocycles. The van der Waals surface area contributed by atoms with E-state index >= 15 is 0 Å². The molecule has 39 heavy (non-hydrogen) atoms. The number of thioether (sulfide) groups is 2. The predicted molar refractivity (Wildman–Crippen MR) is 150 cm³/mol. The highest BCUT2D eigenvalue weighted by Gasteiger charge is 2.54. The largest absolute Gasteiger partial charge is 0.477 e. The third-order valence-corrected chi connectivity index (χ3v) is 9.05. The number of oxime groups is 1. The molecule has 3 aliphatic heterocycles. The minimum Gasteiger partial charge on any atom is -0.477 e. The average Bonchev–Trinajstić information content (AvgIpc) is 3.34. The molecule has 1 aromatic rings. The van der Waals surface area contributed by atoms with E-state index in [4.69, 9.17) is 22.1 Å². The molecule has 2 amide bonds. The number of hydrogen-bond donors (Lipinski definition) is 6. The van der Waals surface area contributed by atoms with Crippen LogP contribution in [0.5, 0.6) is 0 Å². The zero-order valence-electron chi connectivity index (χ0n) is 21.2. The van der Waals surface area contributed by atoms with E-state index in [-0.39, 0.29) is 40.8 Å². The number of likely N-dealkylation sites (N-methyl/N-ethyl adjacent to an activating group) is 1. The van der Waals surface area contributed by atoms with E-state index in [0.29, 0.717) is 22.3 Å². The number of thiazole rings is 1. The van der Waals surface area contributed by atoms with Crippen molar-refractivity contribution in [2.75, 3.05) is 30.9 Å². The monoisotopic (exact) mass is 596 g/mol. The van der Waals surface area contributed by atoms with Crippen LogP contribution in [0.3, 0.4) is 0 Å². The molecule has 1 fully saturated rings. The lowest BCUT2D eigenvalue weighted by Gasteiger charge is -2.49. The maximum atomic E-state index is 13.1. The number of anilines is 1. The maximum absolute atomic E-state index is 13.1. The molecule has 3 atom stereocenters. The van der Waals surface area contributed by atoms with E-state index in [1.54, 1.807) is 19.4 Å². The van der Waals surface area contributed by atoms with Crippen molar-refractivity contribution in [1.29, 1.82) is 0 Å². The van der Waals surface area contributed by atoms with Crippen molar-refractivity contribution in [2.45, 2.75) is 31.4 Å². The first-order valence-electron chi connectivity index (χ1n) is 11.6. The summed E-state index contributed by atoms with van der Waals surface area (Å²) in [6.45, 7) is 3.73. The number of aliphatic imine (C=N–C) groups is 1. The number of nitrogens with two attached hydrogens (primary N) is 3. The summed E-state index contributed by atoms with van der Waals surface area (Å²) in [6, 6.07) is -0.958. The van der Waals surface area contributed by atoms with Gasteiger partial charge in [-0.2, -0.15) is 0 Å². The number of nitrogens with one attached hydrogen (secondary N) is 2. The summed E-state index contributed by atoms with van der Waals surface area (Å²) < 4.78 is 0. The summed E-state index contributed by atoms with van der Waals surface area (Å²) in [6.07, 6.45) is -0.360. The van der Waals surface area contributed by atoms with Gasteiger partial charge in [0.15, 0.2) is 16.0 Å². The first kappa shape index (κ1) is 28.7. The highest BCUT2D eigenvalue weighted by Crippen LogP contribution is 2.41. The number of fused-ring (bicyclic) bond motifs is 1. The number of amides is 2. The Labute approximate surface area is 235 Å². The Balaban J connectivity index is 1.49. The fourth-order valence-corrected chi connectivity index (χ4v) is 7.04. The first-order valence-corrected chi connectivity index (χ1v) is 14.5. The number of carboxylic acids is 1. The van der Waals surface area contributed by atoms with Crippen LogP contribution in [0.1, 0.15) is 19.5 Å². The quantitative estimate of drug-likeness (QED) is 0.0891. The third kappa shape index (κ3) is 5.55. The molecule has 0 aliphatic carbocycles. The number of β-lactam (4-membered cyclic amide) rings is 1. The van der Waals surface area contributed by atoms with Crippen molar-refractivity contribution in [2.24, 2.45) is 21.7 Å². The summed E-state index contributed by atoms with van der Waals surface area (Å²) in [4.78, 5) is 53.0. The molecule has 0 aromatic carbocycles. The van der Waals surface area contributed by atoms with Crippen molar-refractivity contribution in [3.63, 3.8) is 0 Å². The van der Waals surface area contributed by atoms with Crippen LogP contribution in [0.2, 0.25) is 0 Å². The number of hydrazine groups is 1. The fraction of sp³-hybridized carbons (Fsp3) is 0.429. The van der Waals surface area contributed by atoms with Crippen molar-refractivity contribution in [3.8, 4) is 0 Å². The fourth-order valence-electron chi connectivity index (χ4n) is 4.06. The molecular weight excluding hydrogens is 568 g/mol. The Bertz CT molecular complexity index is 1310. The second-order valence-corrected chi connectivity index (χ2v) is 11.3. The Morgan fingerprint density at radius 2 is 2.13 bits per heavy atom. The van der Waals surface area contributed by atoms with Gasteiger partial charge in [-0.3, -0.25) is 24.8 Å². The van der Waals surface area contributed by atoms with Crippen LogP contribution in [-0.4, -0.2) is 91.4 Å². The molecule has 1 aromatic heterocycles. The molecule has 3 aliphatic rings. The second-order valence-electron chi connectivity index (χ2n) is 8.40. The minimum atomic E-state index is -1.25. The van der Waals surface area contributed by atoms with Crippen molar-refractivity contribution >= 4 is 68.7 Å². The number of aromatic nitrogens is 1. The Morgan fingerprint density at radius 3 is 2.74 bits per heavy atom. The highest BCUT2D eigenvalue weighted by molar-refractivity contribution is 8.14. The maximum Gasteiger partial charge on any atom is 0.352 e. The molecule has 1 saturated heterocycles. The number of amidine groups is 1. The molecule has 9 N–H and O–H groups in total. The normalized spacial score (nSPS) is 23.4. The van der Waals surface area contributed by atoms with Crippen LogP contribution in [0.25, 0.3) is 0 Å². The van der Waals surface area contributed by atoms with Gasteiger partial charge in [0.05, 0.1) is 0 Å². The van der Waals surface area contributed by atoms with Crippen LogP contribution >= 0.6 is 34.9 Å². The summed E-state index contributed by atoms with van der Waals surface area (Å²) >= 11 is 3.68. The van der Waals surface area contributed by atoms with E-state index < -0.39 is 29.2 Å². The van der Waals surface area contributed by atoms with Gasteiger partial charge in [0.2, 0.25) is 0 Å². The lowest BCUT2D eigenvalue weighted by atomic mass is 10.0. The highest BCUT2D eigenvalue weighted by atomic mass is 32.2. The van der Waals surface area contributed by atoms with Gasteiger partial charge < -0.3 is 26.7 Å². The standard InChI is InChI=1S/C21H28N10O5S3/c1-4-36-29-11(10-7-38-20(23)26-10)16(32)27-12-17(33)30-13(19(34)35)9(5-37-18(12)30)6-39-21-28-14(22)8(2)15(25-3)31(21)24/h7,12,15,18,25H,4-6,22,24H2,1-3H3,(H2,23,26)(H,27,32)(H,34,35)/b29-11-/t12?,15?,18-/m0/s1. The minimum absolute atomic E-state index is 0.123. The van der Waals surface area contributed by atoms with Gasteiger partial charge in [-0.15, -0.1) is 23.1 Å². The Hall–Kier alpha value is -3.32. The molecule has 0 spiro atoms. The van der Waals surface area contributed by atoms with Crippen molar-refractivity contribution in [1.82, 2.24) is 25.5 Å². The second kappa shape index (κ2) is 11.8. The van der Waals surface area contributed by atoms with Crippen LogP contribution in [0, 0.1) is 0 Å². The van der Waals surface area contributed by atoms with Crippen LogP contribution in [-0.2, 0) is 19.2 Å². The van der Waals surface area contributed by atoms with Crippen LogP contribution in [0.15, 0.2) is 38.2 Å². The number of nitrogens with zero attached hydrogens (tertiary/aromatic N) is 5. The molecule has 0 saturated carbocycles. The SMILES string of the molecule is CCO/N=C(\C(=O)NC1C(=O)N2C(C(=O)O)=C(CSC3=NC(N)=C(C)C(NC)N3N)CS[C@@H]12)c1csc(N)n1. The lowest BCUT2D eigenvalue weighted by Crippen LogP contribution is -2.71. The third-order valence-electron chi connectivity index (χ3n) is 5.98. The summed E-state index contributed by atoms with van der Waals surface area (Å²) in [5, 5.41) is 22.5. The van der Waals surface area contributed by atoms with Crippen LogP contribution < -0.4 is 27.9 Å². The zero-order valence-corrected chi connectivity index (χ0v) is 23.7. The molecular formula is C21H28N10O5S3. The average molecular weight is 597 g/mol. The first-order chi connectivity index (χ1) is 18.6. The number of nitrogen functional groups attached to an aromatic ring is 1. The van der Waals surface area contributed by atoms with Crippen molar-refractivity contribution < 1.29 is 24.3 Å². The molecule has 15 nitrogen and oxygen atoms in total. The number of carbonyl (C=O) groups excluding carboxylic acids is 2. The molecule has 210 valence electrons. The van der Waals surface area contributed by atoms with E-state index in [1.807, 2.05) is 6.92 Å². The van der Waals surface area contributed by atoms with E-state index in [2.05, 4.69) is 25.8 Å². The number of carboxylic acid groups (broad SMARTS) is 1. The van der Waals surface area contributed by atoms with Gasteiger partial charge >= 0.3 is 5.97 Å². The molecule has 0 radical (unpaired) electrons. The van der Waals surface area contributed by atoms with Gasteiger partial charge in [-0.05, 0) is 26.5 Å². The van der Waals surface area contributed by atoms with Crippen LogP contribution in [0.4, 0.5) is 5.13 Å².